The Morgan fingerprint density at radius 3 is 2.68 bits per heavy atom. The monoisotopic (exact) mass is 403 g/mol. The number of carbonyl (C=O) groups is 1. The number of aromatic nitrogens is 2. The molecule has 0 atom stereocenters. The van der Waals surface area contributed by atoms with E-state index in [2.05, 4.69) is 25.1 Å². The van der Waals surface area contributed by atoms with Crippen molar-refractivity contribution in [2.45, 2.75) is 12.8 Å². The lowest BCUT2D eigenvalue weighted by Crippen LogP contribution is -2.47. The minimum absolute atomic E-state index is 0.00748. The largest absolute Gasteiger partial charge is 0.493 e. The number of nitrogens with zero attached hydrogens (tertiary/aromatic N) is 4. The van der Waals surface area contributed by atoms with Crippen LogP contribution in [0.2, 0.25) is 5.02 Å². The van der Waals surface area contributed by atoms with E-state index in [1.54, 1.807) is 24.5 Å². The van der Waals surface area contributed by atoms with Gasteiger partial charge < -0.3 is 15.0 Å². The number of amides is 1. The number of halogens is 1. The van der Waals surface area contributed by atoms with Crippen LogP contribution in [-0.2, 0) is 4.79 Å². The van der Waals surface area contributed by atoms with Crippen molar-refractivity contribution >= 4 is 23.5 Å². The molecule has 1 aromatic heterocycles. The third-order valence-electron chi connectivity index (χ3n) is 4.57. The average molecular weight is 404 g/mol. The second-order valence-electron chi connectivity index (χ2n) is 6.64. The molecule has 8 heteroatoms. The Kier molecular flexibility index (Phi) is 7.87. The van der Waals surface area contributed by atoms with Crippen LogP contribution in [0.25, 0.3) is 0 Å². The summed E-state index contributed by atoms with van der Waals surface area (Å²) < 4.78 is 5.54. The molecule has 1 aromatic carbocycles. The summed E-state index contributed by atoms with van der Waals surface area (Å²) >= 11 is 5.90. The molecule has 1 amide bonds. The van der Waals surface area contributed by atoms with Gasteiger partial charge in [0.2, 0.25) is 11.9 Å². The molecule has 2 heterocycles. The molecular weight excluding hydrogens is 378 g/mol. The molecule has 0 aliphatic carbocycles. The van der Waals surface area contributed by atoms with Crippen LogP contribution in [0.1, 0.15) is 12.8 Å². The van der Waals surface area contributed by atoms with Crippen LogP contribution >= 0.6 is 11.6 Å². The van der Waals surface area contributed by atoms with Crippen LogP contribution in [-0.4, -0.2) is 66.7 Å². The maximum Gasteiger partial charge on any atom is 0.225 e. The summed E-state index contributed by atoms with van der Waals surface area (Å²) in [5, 5.41) is 3.58. The third kappa shape index (κ3) is 6.65. The van der Waals surface area contributed by atoms with Crippen molar-refractivity contribution in [3.63, 3.8) is 0 Å². The Bertz CT molecular complexity index is 738. The Morgan fingerprint density at radius 2 is 1.93 bits per heavy atom. The van der Waals surface area contributed by atoms with Gasteiger partial charge in [0.15, 0.2) is 0 Å². The molecule has 1 aliphatic heterocycles. The van der Waals surface area contributed by atoms with E-state index in [9.17, 15) is 4.79 Å². The minimum atomic E-state index is 0.00748. The van der Waals surface area contributed by atoms with Gasteiger partial charge in [-0.1, -0.05) is 17.7 Å². The number of rotatable bonds is 9. The van der Waals surface area contributed by atoms with Crippen molar-refractivity contribution in [2.24, 2.45) is 0 Å². The highest BCUT2D eigenvalue weighted by Gasteiger charge is 2.18. The highest BCUT2D eigenvalue weighted by atomic mass is 35.5. The molecule has 28 heavy (non-hydrogen) atoms. The lowest BCUT2D eigenvalue weighted by Gasteiger charge is -2.34. The molecule has 7 nitrogen and oxygen atoms in total. The van der Waals surface area contributed by atoms with Gasteiger partial charge in [0, 0.05) is 50.1 Å². The number of anilines is 1. The normalized spacial score (nSPS) is 14.7. The van der Waals surface area contributed by atoms with Gasteiger partial charge in [0.25, 0.3) is 0 Å². The first-order valence-electron chi connectivity index (χ1n) is 9.60. The predicted molar refractivity (Wildman–Crippen MR) is 110 cm³/mol. The Balaban J connectivity index is 1.23. The van der Waals surface area contributed by atoms with Crippen molar-refractivity contribution in [3.8, 4) is 5.75 Å². The van der Waals surface area contributed by atoms with Gasteiger partial charge in [-0.15, -0.1) is 0 Å². The summed E-state index contributed by atoms with van der Waals surface area (Å²) in [5.74, 6) is 1.49. The van der Waals surface area contributed by atoms with Gasteiger partial charge >= 0.3 is 0 Å². The van der Waals surface area contributed by atoms with Gasteiger partial charge in [-0.3, -0.25) is 9.69 Å². The van der Waals surface area contributed by atoms with Crippen LogP contribution in [0.4, 0.5) is 5.95 Å². The maximum atomic E-state index is 11.9. The van der Waals surface area contributed by atoms with E-state index in [-0.39, 0.29) is 5.91 Å². The molecule has 0 unspecified atom stereocenters. The van der Waals surface area contributed by atoms with E-state index in [1.807, 2.05) is 18.2 Å². The molecule has 0 spiro atoms. The Labute approximate surface area is 170 Å². The van der Waals surface area contributed by atoms with Gasteiger partial charge in [0.05, 0.1) is 13.0 Å². The van der Waals surface area contributed by atoms with Crippen molar-refractivity contribution in [1.82, 2.24) is 20.2 Å². The van der Waals surface area contributed by atoms with Crippen LogP contribution in [0.5, 0.6) is 5.75 Å². The standard InChI is InChI=1S/C20H26ClN5O2/c21-17-4-1-5-18(16-17)28-15-6-19(27)22-9-3-10-25-11-13-26(14-12-25)20-23-7-2-8-24-20/h1-2,4-5,7-8,16H,3,6,9-15H2,(H,22,27). The number of piperazine rings is 1. The Morgan fingerprint density at radius 1 is 1.14 bits per heavy atom. The number of ether oxygens (including phenoxy) is 1. The number of benzene rings is 1. The molecule has 1 N–H and O–H groups in total. The summed E-state index contributed by atoms with van der Waals surface area (Å²) in [6, 6.07) is 9.01. The first-order chi connectivity index (χ1) is 13.7. The van der Waals surface area contributed by atoms with Gasteiger partial charge in [0.1, 0.15) is 5.75 Å². The van der Waals surface area contributed by atoms with Crippen LogP contribution in [0.3, 0.4) is 0 Å². The fraction of sp³-hybridized carbons (Fsp3) is 0.450. The van der Waals surface area contributed by atoms with Gasteiger partial charge in [-0.05, 0) is 37.2 Å². The molecule has 2 aromatic rings. The number of hydrogen-bond acceptors (Lipinski definition) is 6. The van der Waals surface area contributed by atoms with E-state index in [0.29, 0.717) is 30.3 Å². The van der Waals surface area contributed by atoms with Crippen LogP contribution in [0.15, 0.2) is 42.7 Å². The molecule has 0 saturated carbocycles. The van der Waals surface area contributed by atoms with E-state index in [1.165, 1.54) is 0 Å². The van der Waals surface area contributed by atoms with Crippen LogP contribution in [0, 0.1) is 0 Å². The zero-order chi connectivity index (χ0) is 19.6. The predicted octanol–water partition coefficient (Wildman–Crippen LogP) is 2.23. The molecule has 1 aliphatic rings. The van der Waals surface area contributed by atoms with E-state index >= 15 is 0 Å². The van der Waals surface area contributed by atoms with Crippen molar-refractivity contribution in [2.75, 3.05) is 50.8 Å². The zero-order valence-electron chi connectivity index (χ0n) is 15.9. The molecule has 0 radical (unpaired) electrons. The molecule has 3 rings (SSSR count). The third-order valence-corrected chi connectivity index (χ3v) is 4.81. The molecular formula is C20H26ClN5O2. The van der Waals surface area contributed by atoms with Gasteiger partial charge in [-0.2, -0.15) is 0 Å². The smallest absolute Gasteiger partial charge is 0.225 e. The van der Waals surface area contributed by atoms with Gasteiger partial charge in [-0.25, -0.2) is 9.97 Å². The topological polar surface area (TPSA) is 70.6 Å². The molecule has 150 valence electrons. The molecule has 0 bridgehead atoms. The van der Waals surface area contributed by atoms with Crippen molar-refractivity contribution in [1.29, 1.82) is 0 Å². The van der Waals surface area contributed by atoms with Crippen molar-refractivity contribution in [3.05, 3.63) is 47.7 Å². The second-order valence-corrected chi connectivity index (χ2v) is 7.07. The van der Waals surface area contributed by atoms with Crippen molar-refractivity contribution < 1.29 is 9.53 Å². The average Bonchev–Trinajstić information content (AvgIpc) is 2.72. The second kappa shape index (κ2) is 10.8. The van der Waals surface area contributed by atoms with E-state index in [4.69, 9.17) is 16.3 Å². The number of nitrogens with one attached hydrogen (secondary N) is 1. The SMILES string of the molecule is O=C(CCOc1cccc(Cl)c1)NCCCN1CCN(c2ncccn2)CC1. The fourth-order valence-corrected chi connectivity index (χ4v) is 3.24. The first-order valence-corrected chi connectivity index (χ1v) is 9.98. The maximum absolute atomic E-state index is 11.9. The van der Waals surface area contributed by atoms with E-state index < -0.39 is 0 Å². The highest BCUT2D eigenvalue weighted by molar-refractivity contribution is 6.30. The fourth-order valence-electron chi connectivity index (χ4n) is 3.06. The molecule has 1 fully saturated rings. The summed E-state index contributed by atoms with van der Waals surface area (Å²) in [4.78, 5) is 25.1. The summed E-state index contributed by atoms with van der Waals surface area (Å²) in [6.45, 7) is 5.82. The lowest BCUT2D eigenvalue weighted by atomic mass is 10.3. The summed E-state index contributed by atoms with van der Waals surface area (Å²) in [5.41, 5.74) is 0. The summed E-state index contributed by atoms with van der Waals surface area (Å²) in [6.07, 6.45) is 4.82. The van der Waals surface area contributed by atoms with Crippen LogP contribution < -0.4 is 15.0 Å². The quantitative estimate of drug-likeness (QED) is 0.647. The minimum Gasteiger partial charge on any atom is -0.493 e. The number of carbonyl (C=O) groups excluding carboxylic acids is 1. The zero-order valence-corrected chi connectivity index (χ0v) is 16.6. The highest BCUT2D eigenvalue weighted by Crippen LogP contribution is 2.17. The summed E-state index contributed by atoms with van der Waals surface area (Å²) in [7, 11) is 0. The van der Waals surface area contributed by atoms with E-state index in [0.717, 1.165) is 45.1 Å². The lowest BCUT2D eigenvalue weighted by molar-refractivity contribution is -0.121. The number of hydrogen-bond donors (Lipinski definition) is 1. The first kappa shape index (κ1) is 20.4. The molecule has 1 saturated heterocycles. The Hall–Kier alpha value is -2.38.